The summed E-state index contributed by atoms with van der Waals surface area (Å²) >= 11 is 0. The average Bonchev–Trinajstić information content (AvgIpc) is 3.19. The molecule has 0 aromatic carbocycles. The normalized spacial score (nSPS) is 25.6. The molecule has 20 heavy (non-hydrogen) atoms. The standard InChI is InChI=1S/C14H21N3O2S/c1-11-10-20(18,19)7-6-17(11)14-8-12(4-5-15-14)9-16-13-2-3-13/h4-5,8,11,13,16H,2-3,6-7,9-10H2,1H3. The molecule has 1 aromatic rings. The maximum absolute atomic E-state index is 11.6. The lowest BCUT2D eigenvalue weighted by molar-refractivity contribution is 0.566. The highest BCUT2D eigenvalue weighted by molar-refractivity contribution is 7.91. The molecule has 0 spiro atoms. The Kier molecular flexibility index (Phi) is 3.69. The van der Waals surface area contributed by atoms with Gasteiger partial charge in [0.15, 0.2) is 9.84 Å². The van der Waals surface area contributed by atoms with Gasteiger partial charge in [0.2, 0.25) is 0 Å². The van der Waals surface area contributed by atoms with Gasteiger partial charge >= 0.3 is 0 Å². The van der Waals surface area contributed by atoms with E-state index < -0.39 is 9.84 Å². The molecular formula is C14H21N3O2S. The highest BCUT2D eigenvalue weighted by Gasteiger charge is 2.29. The predicted molar refractivity (Wildman–Crippen MR) is 79.6 cm³/mol. The summed E-state index contributed by atoms with van der Waals surface area (Å²) in [5.74, 6) is 1.34. The second kappa shape index (κ2) is 5.33. The minimum Gasteiger partial charge on any atom is -0.352 e. The van der Waals surface area contributed by atoms with Gasteiger partial charge in [0.25, 0.3) is 0 Å². The van der Waals surface area contributed by atoms with Gasteiger partial charge in [-0.05, 0) is 37.5 Å². The van der Waals surface area contributed by atoms with E-state index in [1.807, 2.05) is 19.2 Å². The first-order valence-electron chi connectivity index (χ1n) is 7.19. The monoisotopic (exact) mass is 295 g/mol. The summed E-state index contributed by atoms with van der Waals surface area (Å²) in [6.07, 6.45) is 4.37. The highest BCUT2D eigenvalue weighted by Crippen LogP contribution is 2.22. The van der Waals surface area contributed by atoms with Crippen LogP contribution in [0.3, 0.4) is 0 Å². The van der Waals surface area contributed by atoms with Crippen molar-refractivity contribution in [2.75, 3.05) is 23.0 Å². The van der Waals surface area contributed by atoms with Gasteiger partial charge < -0.3 is 10.2 Å². The van der Waals surface area contributed by atoms with Crippen LogP contribution in [0.5, 0.6) is 0 Å². The lowest BCUT2D eigenvalue weighted by Crippen LogP contribution is -2.47. The first kappa shape index (κ1) is 13.8. The first-order valence-corrected chi connectivity index (χ1v) is 9.01. The van der Waals surface area contributed by atoms with Crippen LogP contribution in [0.2, 0.25) is 0 Å². The van der Waals surface area contributed by atoms with Crippen molar-refractivity contribution in [2.24, 2.45) is 0 Å². The topological polar surface area (TPSA) is 62.3 Å². The summed E-state index contributed by atoms with van der Waals surface area (Å²) in [5, 5.41) is 3.49. The van der Waals surface area contributed by atoms with Crippen molar-refractivity contribution in [1.82, 2.24) is 10.3 Å². The van der Waals surface area contributed by atoms with E-state index in [1.165, 1.54) is 18.4 Å². The van der Waals surface area contributed by atoms with Crippen molar-refractivity contribution in [3.63, 3.8) is 0 Å². The van der Waals surface area contributed by atoms with E-state index in [1.54, 1.807) is 0 Å². The third-order valence-electron chi connectivity index (χ3n) is 3.95. The molecule has 1 aliphatic carbocycles. The Morgan fingerprint density at radius 1 is 1.45 bits per heavy atom. The zero-order valence-corrected chi connectivity index (χ0v) is 12.6. The van der Waals surface area contributed by atoms with Crippen LogP contribution in [0, 0.1) is 0 Å². The Hall–Kier alpha value is -1.14. The van der Waals surface area contributed by atoms with Crippen molar-refractivity contribution in [3.8, 4) is 0 Å². The van der Waals surface area contributed by atoms with Crippen molar-refractivity contribution in [1.29, 1.82) is 0 Å². The van der Waals surface area contributed by atoms with Crippen LogP contribution < -0.4 is 10.2 Å². The van der Waals surface area contributed by atoms with Crippen molar-refractivity contribution in [3.05, 3.63) is 23.9 Å². The number of pyridine rings is 1. The van der Waals surface area contributed by atoms with Crippen molar-refractivity contribution >= 4 is 15.7 Å². The number of hydrogen-bond donors (Lipinski definition) is 1. The minimum atomic E-state index is -2.88. The van der Waals surface area contributed by atoms with E-state index in [0.29, 0.717) is 12.6 Å². The van der Waals surface area contributed by atoms with Gasteiger partial charge in [0.05, 0.1) is 11.5 Å². The molecule has 1 unspecified atom stereocenters. The summed E-state index contributed by atoms with van der Waals surface area (Å²) in [5.41, 5.74) is 1.21. The zero-order valence-electron chi connectivity index (χ0n) is 11.7. The third kappa shape index (κ3) is 3.30. The number of nitrogens with zero attached hydrogens (tertiary/aromatic N) is 2. The van der Waals surface area contributed by atoms with Gasteiger partial charge in [-0.25, -0.2) is 13.4 Å². The van der Waals surface area contributed by atoms with Crippen LogP contribution in [-0.2, 0) is 16.4 Å². The number of aromatic nitrogens is 1. The highest BCUT2D eigenvalue weighted by atomic mass is 32.2. The van der Waals surface area contributed by atoms with Gasteiger partial charge in [-0.2, -0.15) is 0 Å². The number of rotatable bonds is 4. The van der Waals surface area contributed by atoms with Crippen molar-refractivity contribution in [2.45, 2.75) is 38.4 Å². The van der Waals surface area contributed by atoms with Gasteiger partial charge in [0.1, 0.15) is 5.82 Å². The summed E-state index contributed by atoms with van der Waals surface area (Å²) in [6, 6.07) is 4.77. The van der Waals surface area contributed by atoms with E-state index in [-0.39, 0.29) is 17.5 Å². The lowest BCUT2D eigenvalue weighted by atomic mass is 10.2. The molecule has 1 saturated carbocycles. The van der Waals surface area contributed by atoms with E-state index in [4.69, 9.17) is 0 Å². The Labute approximate surface area is 120 Å². The zero-order chi connectivity index (χ0) is 14.2. The molecular weight excluding hydrogens is 274 g/mol. The molecule has 1 aromatic heterocycles. The Morgan fingerprint density at radius 3 is 2.95 bits per heavy atom. The SMILES string of the molecule is CC1CS(=O)(=O)CCN1c1cc(CNC2CC2)ccn1. The molecule has 1 atom stereocenters. The summed E-state index contributed by atoms with van der Waals surface area (Å²) in [6.45, 7) is 3.35. The molecule has 1 saturated heterocycles. The fourth-order valence-electron chi connectivity index (χ4n) is 2.62. The van der Waals surface area contributed by atoms with Crippen LogP contribution in [0.1, 0.15) is 25.3 Å². The molecule has 1 N–H and O–H groups in total. The first-order chi connectivity index (χ1) is 9.53. The number of sulfone groups is 1. The second-order valence-corrected chi connectivity index (χ2v) is 8.06. The van der Waals surface area contributed by atoms with Crippen LogP contribution in [0.15, 0.2) is 18.3 Å². The largest absolute Gasteiger partial charge is 0.352 e. The summed E-state index contributed by atoms with van der Waals surface area (Å²) < 4.78 is 23.3. The average molecular weight is 295 g/mol. The predicted octanol–water partition coefficient (Wildman–Crippen LogP) is 0.957. The Morgan fingerprint density at radius 2 is 2.25 bits per heavy atom. The molecule has 2 heterocycles. The number of nitrogens with one attached hydrogen (secondary N) is 1. The Bertz CT molecular complexity index is 584. The molecule has 5 nitrogen and oxygen atoms in total. The van der Waals surface area contributed by atoms with Crippen molar-refractivity contribution < 1.29 is 8.42 Å². The summed E-state index contributed by atoms with van der Waals surface area (Å²) in [4.78, 5) is 6.51. The molecule has 3 rings (SSSR count). The minimum absolute atomic E-state index is 0.00658. The van der Waals surface area contributed by atoms with Gasteiger partial charge in [-0.15, -0.1) is 0 Å². The molecule has 2 aliphatic rings. The fourth-order valence-corrected chi connectivity index (χ4v) is 4.17. The van der Waals surface area contributed by atoms with Crippen LogP contribution >= 0.6 is 0 Å². The lowest BCUT2D eigenvalue weighted by Gasteiger charge is -2.34. The summed E-state index contributed by atoms with van der Waals surface area (Å²) in [7, 11) is -2.88. The van der Waals surface area contributed by atoms with Gasteiger partial charge in [0, 0.05) is 31.4 Å². The number of hydrogen-bond acceptors (Lipinski definition) is 5. The third-order valence-corrected chi connectivity index (χ3v) is 5.74. The van der Waals surface area contributed by atoms with E-state index >= 15 is 0 Å². The molecule has 0 radical (unpaired) electrons. The van der Waals surface area contributed by atoms with Gasteiger partial charge in [-0.3, -0.25) is 0 Å². The number of anilines is 1. The second-order valence-electron chi connectivity index (χ2n) is 5.83. The maximum Gasteiger partial charge on any atom is 0.154 e. The van der Waals surface area contributed by atoms with E-state index in [2.05, 4.69) is 21.3 Å². The van der Waals surface area contributed by atoms with E-state index in [9.17, 15) is 8.42 Å². The quantitative estimate of drug-likeness (QED) is 0.896. The smallest absolute Gasteiger partial charge is 0.154 e. The molecule has 6 heteroatoms. The van der Waals surface area contributed by atoms with Crippen LogP contribution in [0.25, 0.3) is 0 Å². The van der Waals surface area contributed by atoms with Gasteiger partial charge in [-0.1, -0.05) is 0 Å². The fraction of sp³-hybridized carbons (Fsp3) is 0.643. The van der Waals surface area contributed by atoms with E-state index in [0.717, 1.165) is 12.4 Å². The molecule has 2 fully saturated rings. The Balaban J connectivity index is 1.71. The van der Waals surface area contributed by atoms with Crippen LogP contribution in [0.4, 0.5) is 5.82 Å². The molecule has 1 aliphatic heterocycles. The van der Waals surface area contributed by atoms with Crippen LogP contribution in [-0.4, -0.2) is 43.5 Å². The maximum atomic E-state index is 11.6. The molecule has 0 amide bonds. The molecule has 0 bridgehead atoms. The molecule has 110 valence electrons.